The highest BCUT2D eigenvalue weighted by Gasteiger charge is 2.04. The van der Waals surface area contributed by atoms with Gasteiger partial charge in [-0.1, -0.05) is 24.6 Å². The van der Waals surface area contributed by atoms with Gasteiger partial charge in [0.05, 0.1) is 0 Å². The van der Waals surface area contributed by atoms with E-state index in [-0.39, 0.29) is 0 Å². The Labute approximate surface area is 117 Å². The average molecular weight is 283 g/mol. The molecule has 2 aromatic rings. The van der Waals surface area contributed by atoms with Crippen LogP contribution in [-0.4, -0.2) is 23.0 Å². The predicted molar refractivity (Wildman–Crippen MR) is 82.6 cm³/mol. The summed E-state index contributed by atoms with van der Waals surface area (Å²) in [5.41, 5.74) is 2.41. The molecule has 18 heavy (non-hydrogen) atoms. The molecule has 0 fully saturated rings. The first kappa shape index (κ1) is 13.8. The summed E-state index contributed by atoms with van der Waals surface area (Å²) in [5, 5.41) is 6.25. The van der Waals surface area contributed by atoms with Crippen LogP contribution in [0.5, 0.6) is 0 Å². The number of H-pyrrole nitrogens is 1. The Balaban J connectivity index is 1.92. The third kappa shape index (κ3) is 3.44. The van der Waals surface area contributed by atoms with E-state index in [9.17, 15) is 0 Å². The number of benzene rings is 1. The summed E-state index contributed by atoms with van der Waals surface area (Å²) in [5.74, 6) is 0. The minimum absolute atomic E-state index is 0.722. The Morgan fingerprint density at radius 1 is 1.44 bits per heavy atom. The third-order valence-electron chi connectivity index (χ3n) is 3.17. The summed E-state index contributed by atoms with van der Waals surface area (Å²) in [6, 6.07) is 5.99. The van der Waals surface area contributed by atoms with E-state index in [4.69, 9.17) is 11.6 Å². The SMILES string of the molecule is CSC(C)CCNCc1c[nH]c2cc(Cl)ccc12. The van der Waals surface area contributed by atoms with Crippen molar-refractivity contribution in [1.82, 2.24) is 10.3 Å². The van der Waals surface area contributed by atoms with Crippen molar-refractivity contribution in [1.29, 1.82) is 0 Å². The fourth-order valence-electron chi connectivity index (χ4n) is 1.95. The lowest BCUT2D eigenvalue weighted by atomic mass is 10.2. The smallest absolute Gasteiger partial charge is 0.0472 e. The second kappa shape index (κ2) is 6.50. The zero-order chi connectivity index (χ0) is 13.0. The van der Waals surface area contributed by atoms with E-state index >= 15 is 0 Å². The fourth-order valence-corrected chi connectivity index (χ4v) is 2.48. The Morgan fingerprint density at radius 3 is 3.06 bits per heavy atom. The lowest BCUT2D eigenvalue weighted by molar-refractivity contribution is 0.650. The number of aromatic nitrogens is 1. The molecule has 1 atom stereocenters. The van der Waals surface area contributed by atoms with Gasteiger partial charge in [0.2, 0.25) is 0 Å². The maximum Gasteiger partial charge on any atom is 0.0472 e. The summed E-state index contributed by atoms with van der Waals surface area (Å²) < 4.78 is 0. The number of nitrogens with one attached hydrogen (secondary N) is 2. The molecule has 1 heterocycles. The number of fused-ring (bicyclic) bond motifs is 1. The van der Waals surface area contributed by atoms with E-state index in [1.54, 1.807) is 0 Å². The molecule has 0 saturated heterocycles. The highest BCUT2D eigenvalue weighted by Crippen LogP contribution is 2.21. The maximum atomic E-state index is 5.97. The Bertz CT molecular complexity index is 509. The molecule has 2 N–H and O–H groups in total. The van der Waals surface area contributed by atoms with Crippen molar-refractivity contribution >= 4 is 34.3 Å². The second-order valence-corrected chi connectivity index (χ2v) is 6.23. The summed E-state index contributed by atoms with van der Waals surface area (Å²) in [6.45, 7) is 4.23. The van der Waals surface area contributed by atoms with Crippen LogP contribution < -0.4 is 5.32 Å². The Kier molecular flexibility index (Phi) is 4.98. The summed E-state index contributed by atoms with van der Waals surface area (Å²) >= 11 is 7.88. The fraction of sp³-hybridized carbons (Fsp3) is 0.429. The van der Waals surface area contributed by atoms with Crippen LogP contribution in [0.4, 0.5) is 0 Å². The van der Waals surface area contributed by atoms with Gasteiger partial charge in [0, 0.05) is 33.9 Å². The zero-order valence-corrected chi connectivity index (χ0v) is 12.4. The van der Waals surface area contributed by atoms with E-state index < -0.39 is 0 Å². The second-order valence-electron chi connectivity index (χ2n) is 4.52. The van der Waals surface area contributed by atoms with E-state index in [1.807, 2.05) is 23.9 Å². The third-order valence-corrected chi connectivity index (χ3v) is 4.45. The van der Waals surface area contributed by atoms with Gasteiger partial charge >= 0.3 is 0 Å². The summed E-state index contributed by atoms with van der Waals surface area (Å²) in [6.07, 6.45) is 5.43. The lowest BCUT2D eigenvalue weighted by Gasteiger charge is -2.08. The molecule has 0 saturated carbocycles. The molecule has 0 bridgehead atoms. The number of hydrogen-bond acceptors (Lipinski definition) is 2. The number of aromatic amines is 1. The standard InChI is InChI=1S/C14H19ClN2S/c1-10(18-2)5-6-16-8-11-9-17-14-7-12(15)3-4-13(11)14/h3-4,7,9-10,16-17H,5-6,8H2,1-2H3. The van der Waals surface area contributed by atoms with Crippen molar-refractivity contribution in [2.24, 2.45) is 0 Å². The van der Waals surface area contributed by atoms with Crippen LogP contribution in [0.2, 0.25) is 5.02 Å². The zero-order valence-electron chi connectivity index (χ0n) is 10.8. The molecule has 98 valence electrons. The molecule has 0 amide bonds. The van der Waals surface area contributed by atoms with Crippen molar-refractivity contribution in [2.45, 2.75) is 25.1 Å². The van der Waals surface area contributed by atoms with Gasteiger partial charge in [-0.25, -0.2) is 0 Å². The first-order chi connectivity index (χ1) is 8.70. The Morgan fingerprint density at radius 2 is 2.28 bits per heavy atom. The van der Waals surface area contributed by atoms with Gasteiger partial charge in [-0.2, -0.15) is 11.8 Å². The average Bonchev–Trinajstić information content (AvgIpc) is 2.76. The number of hydrogen-bond donors (Lipinski definition) is 2. The van der Waals surface area contributed by atoms with Gasteiger partial charge in [0.25, 0.3) is 0 Å². The summed E-state index contributed by atoms with van der Waals surface area (Å²) in [7, 11) is 0. The normalized spacial score (nSPS) is 13.1. The largest absolute Gasteiger partial charge is 0.361 e. The van der Waals surface area contributed by atoms with Crippen LogP contribution in [0.1, 0.15) is 18.9 Å². The van der Waals surface area contributed by atoms with Gasteiger partial charge in [-0.05, 0) is 36.9 Å². The monoisotopic (exact) mass is 282 g/mol. The van der Waals surface area contributed by atoms with Crippen molar-refractivity contribution in [3.63, 3.8) is 0 Å². The molecule has 0 aliphatic carbocycles. The van der Waals surface area contributed by atoms with Gasteiger partial charge in [-0.3, -0.25) is 0 Å². The quantitative estimate of drug-likeness (QED) is 0.782. The molecule has 1 aromatic carbocycles. The van der Waals surface area contributed by atoms with Gasteiger partial charge < -0.3 is 10.3 Å². The minimum atomic E-state index is 0.722. The van der Waals surface area contributed by atoms with Crippen LogP contribution in [0.25, 0.3) is 10.9 Å². The molecule has 1 unspecified atom stereocenters. The molecule has 2 rings (SSSR count). The molecule has 0 radical (unpaired) electrons. The van der Waals surface area contributed by atoms with Gasteiger partial charge in [0.1, 0.15) is 0 Å². The van der Waals surface area contributed by atoms with Crippen LogP contribution in [0, 0.1) is 0 Å². The van der Waals surface area contributed by atoms with Crippen LogP contribution in [-0.2, 0) is 6.54 Å². The van der Waals surface area contributed by atoms with Crippen LogP contribution in [0.15, 0.2) is 24.4 Å². The van der Waals surface area contributed by atoms with Gasteiger partial charge in [-0.15, -0.1) is 0 Å². The predicted octanol–water partition coefficient (Wildman–Crippen LogP) is 4.05. The van der Waals surface area contributed by atoms with Crippen molar-refractivity contribution in [3.8, 4) is 0 Å². The van der Waals surface area contributed by atoms with Gasteiger partial charge in [0.15, 0.2) is 0 Å². The van der Waals surface area contributed by atoms with E-state index in [0.717, 1.165) is 28.9 Å². The first-order valence-electron chi connectivity index (χ1n) is 6.19. The van der Waals surface area contributed by atoms with Crippen molar-refractivity contribution in [2.75, 3.05) is 12.8 Å². The molecule has 0 spiro atoms. The molecule has 2 nitrogen and oxygen atoms in total. The number of halogens is 1. The van der Waals surface area contributed by atoms with Crippen molar-refractivity contribution in [3.05, 3.63) is 35.0 Å². The van der Waals surface area contributed by atoms with Crippen LogP contribution in [0.3, 0.4) is 0 Å². The molecule has 1 aromatic heterocycles. The van der Waals surface area contributed by atoms with E-state index in [1.165, 1.54) is 17.4 Å². The number of thioether (sulfide) groups is 1. The maximum absolute atomic E-state index is 5.97. The molecule has 0 aliphatic rings. The molecular weight excluding hydrogens is 264 g/mol. The van der Waals surface area contributed by atoms with Crippen LogP contribution >= 0.6 is 23.4 Å². The number of rotatable bonds is 6. The lowest BCUT2D eigenvalue weighted by Crippen LogP contribution is -2.17. The first-order valence-corrected chi connectivity index (χ1v) is 7.86. The minimum Gasteiger partial charge on any atom is -0.361 e. The highest BCUT2D eigenvalue weighted by atomic mass is 35.5. The Hall–Kier alpha value is -0.640. The molecular formula is C14H19ClN2S. The van der Waals surface area contributed by atoms with E-state index in [0.29, 0.717) is 0 Å². The highest BCUT2D eigenvalue weighted by molar-refractivity contribution is 7.99. The molecule has 0 aliphatic heterocycles. The van der Waals surface area contributed by atoms with Crippen molar-refractivity contribution < 1.29 is 0 Å². The van der Waals surface area contributed by atoms with E-state index in [2.05, 4.69) is 35.7 Å². The molecule has 4 heteroatoms. The topological polar surface area (TPSA) is 27.8 Å². The summed E-state index contributed by atoms with van der Waals surface area (Å²) in [4.78, 5) is 3.26.